The molecule has 31 heavy (non-hydrogen) atoms. The van der Waals surface area contributed by atoms with Gasteiger partial charge in [-0.1, -0.05) is 0 Å². The van der Waals surface area contributed by atoms with Gasteiger partial charge in [0.25, 0.3) is 5.79 Å². The van der Waals surface area contributed by atoms with E-state index in [1.54, 1.807) is 6.92 Å². The third kappa shape index (κ3) is 3.87. The third-order valence-electron chi connectivity index (χ3n) is 5.36. The van der Waals surface area contributed by atoms with E-state index in [0.29, 0.717) is 12.8 Å². The summed E-state index contributed by atoms with van der Waals surface area (Å²) < 4.78 is 27.7. The molecule has 0 aromatic carbocycles. The summed E-state index contributed by atoms with van der Waals surface area (Å²) in [5.41, 5.74) is -2.16. The molecule has 0 saturated carbocycles. The largest absolute Gasteiger partial charge is 0.461 e. The van der Waals surface area contributed by atoms with Gasteiger partial charge < -0.3 is 23.7 Å². The summed E-state index contributed by atoms with van der Waals surface area (Å²) in [6.45, 7) is 6.39. The van der Waals surface area contributed by atoms with Gasteiger partial charge in [-0.25, -0.2) is 0 Å². The number of hydrogen-bond donors (Lipinski definition) is 0. The Morgan fingerprint density at radius 3 is 2.26 bits per heavy atom. The minimum Gasteiger partial charge on any atom is -0.461 e. The number of fused-ring (bicyclic) bond motifs is 1. The normalized spacial score (nSPS) is 34.7. The van der Waals surface area contributed by atoms with Crippen LogP contribution in [-0.2, 0) is 47.7 Å². The molecule has 0 radical (unpaired) electrons. The summed E-state index contributed by atoms with van der Waals surface area (Å²) in [4.78, 5) is 61.0. The van der Waals surface area contributed by atoms with Crippen molar-refractivity contribution >= 4 is 29.5 Å². The number of Topliss-reactive ketones (excluding diaryl/α,β-unsaturated/α-hetero) is 1. The maximum absolute atomic E-state index is 13.1. The second-order valence-corrected chi connectivity index (χ2v) is 7.88. The van der Waals surface area contributed by atoms with E-state index in [-0.39, 0.29) is 17.3 Å². The van der Waals surface area contributed by atoms with E-state index in [0.717, 1.165) is 26.2 Å². The maximum Gasteiger partial charge on any atom is 0.304 e. The predicted octanol–water partition coefficient (Wildman–Crippen LogP) is 1.06. The first-order chi connectivity index (χ1) is 14.4. The first-order valence-corrected chi connectivity index (χ1v) is 9.81. The summed E-state index contributed by atoms with van der Waals surface area (Å²) in [6, 6.07) is 0. The molecule has 1 spiro atoms. The van der Waals surface area contributed by atoms with Crippen LogP contribution in [-0.4, -0.2) is 59.2 Å². The maximum atomic E-state index is 13.1. The molecule has 168 valence electrons. The Bertz CT molecular complexity index is 915. The first kappa shape index (κ1) is 22.7. The zero-order valence-electron chi connectivity index (χ0n) is 17.9. The fourth-order valence-electron chi connectivity index (χ4n) is 4.03. The van der Waals surface area contributed by atoms with Crippen molar-refractivity contribution in [3.05, 3.63) is 23.5 Å². The lowest BCUT2D eigenvalue weighted by Gasteiger charge is -2.50. The Morgan fingerprint density at radius 2 is 1.68 bits per heavy atom. The summed E-state index contributed by atoms with van der Waals surface area (Å²) in [5, 5.41) is 0. The van der Waals surface area contributed by atoms with Crippen LogP contribution in [0.5, 0.6) is 0 Å². The van der Waals surface area contributed by atoms with Crippen LogP contribution in [0.15, 0.2) is 23.5 Å². The standard InChI is InChI=1S/C21H24O10/c1-10-6-7-17(28-11(2)22)21(30-10)19(29-12(3)23)14-8-16(25)20(5,31-13(4)24)18(26)15(14)9-27-21/h8-10,17,19H,6-7H2,1-5H3/t10-,17-,19+,20-,21-/m0/s1. The Morgan fingerprint density at radius 1 is 1.03 bits per heavy atom. The highest BCUT2D eigenvalue weighted by molar-refractivity contribution is 6.26. The molecule has 0 aromatic heterocycles. The highest BCUT2D eigenvalue weighted by atomic mass is 16.7. The van der Waals surface area contributed by atoms with E-state index < -0.39 is 53.1 Å². The molecule has 0 bridgehead atoms. The zero-order valence-corrected chi connectivity index (χ0v) is 17.9. The molecule has 3 aliphatic rings. The molecular formula is C21H24O10. The van der Waals surface area contributed by atoms with Gasteiger partial charge in [-0.2, -0.15) is 0 Å². The highest BCUT2D eigenvalue weighted by Crippen LogP contribution is 2.46. The molecule has 10 heteroatoms. The predicted molar refractivity (Wildman–Crippen MR) is 101 cm³/mol. The number of carbonyl (C=O) groups excluding carboxylic acids is 5. The topological polar surface area (TPSA) is 132 Å². The first-order valence-electron chi connectivity index (χ1n) is 9.81. The SMILES string of the molecule is CC(=O)O[C@H]1CC[C@H](C)O[C@@]12OC=C1C(=O)[C@@](C)(OC(C)=O)C(=O)C=C1[C@H]2OC(C)=O. The van der Waals surface area contributed by atoms with Crippen LogP contribution in [0.25, 0.3) is 0 Å². The molecule has 0 aromatic rings. The monoisotopic (exact) mass is 436 g/mol. The Kier molecular flexibility index (Phi) is 5.79. The molecule has 5 atom stereocenters. The molecule has 1 saturated heterocycles. The average molecular weight is 436 g/mol. The molecule has 2 aliphatic heterocycles. The second-order valence-electron chi connectivity index (χ2n) is 7.88. The van der Waals surface area contributed by atoms with E-state index in [9.17, 15) is 24.0 Å². The summed E-state index contributed by atoms with van der Waals surface area (Å²) in [5.74, 6) is -5.57. The van der Waals surface area contributed by atoms with E-state index in [1.165, 1.54) is 13.8 Å². The van der Waals surface area contributed by atoms with Crippen LogP contribution in [0.4, 0.5) is 0 Å². The number of ketones is 2. The number of hydrogen-bond acceptors (Lipinski definition) is 10. The Labute approximate surface area is 178 Å². The Hall–Kier alpha value is -3.01. The van der Waals surface area contributed by atoms with E-state index in [4.69, 9.17) is 23.7 Å². The molecule has 3 rings (SSSR count). The molecule has 0 N–H and O–H groups in total. The molecular weight excluding hydrogens is 412 g/mol. The van der Waals surface area contributed by atoms with Gasteiger partial charge >= 0.3 is 17.9 Å². The Balaban J connectivity index is 2.15. The molecule has 2 heterocycles. The summed E-state index contributed by atoms with van der Waals surface area (Å²) >= 11 is 0. The fourth-order valence-corrected chi connectivity index (χ4v) is 4.03. The summed E-state index contributed by atoms with van der Waals surface area (Å²) in [6.07, 6.45) is 0.290. The van der Waals surface area contributed by atoms with Crippen molar-refractivity contribution in [1.29, 1.82) is 0 Å². The van der Waals surface area contributed by atoms with Crippen molar-refractivity contribution in [2.45, 2.75) is 77.2 Å². The average Bonchev–Trinajstić information content (AvgIpc) is 2.64. The van der Waals surface area contributed by atoms with Gasteiger partial charge in [0.1, 0.15) is 0 Å². The lowest BCUT2D eigenvalue weighted by atomic mass is 9.75. The lowest BCUT2D eigenvalue weighted by molar-refractivity contribution is -0.333. The van der Waals surface area contributed by atoms with Crippen LogP contribution in [0.2, 0.25) is 0 Å². The van der Waals surface area contributed by atoms with Crippen molar-refractivity contribution in [2.24, 2.45) is 0 Å². The molecule has 0 unspecified atom stereocenters. The molecule has 0 amide bonds. The van der Waals surface area contributed by atoms with Gasteiger partial charge in [0, 0.05) is 26.3 Å². The van der Waals surface area contributed by atoms with Gasteiger partial charge in [0.15, 0.2) is 12.2 Å². The van der Waals surface area contributed by atoms with Crippen molar-refractivity contribution in [3.63, 3.8) is 0 Å². The second kappa shape index (κ2) is 7.92. The molecule has 10 nitrogen and oxygen atoms in total. The lowest BCUT2D eigenvalue weighted by Crippen LogP contribution is -2.65. The smallest absolute Gasteiger partial charge is 0.304 e. The van der Waals surface area contributed by atoms with Gasteiger partial charge in [-0.15, -0.1) is 0 Å². The van der Waals surface area contributed by atoms with E-state index >= 15 is 0 Å². The fraction of sp³-hybridized carbons (Fsp3) is 0.571. The number of esters is 3. The van der Waals surface area contributed by atoms with E-state index in [2.05, 4.69) is 0 Å². The number of carbonyl (C=O) groups is 5. The minimum absolute atomic E-state index is 0.0207. The van der Waals surface area contributed by atoms with Crippen LogP contribution >= 0.6 is 0 Å². The van der Waals surface area contributed by atoms with Crippen LogP contribution in [0, 0.1) is 0 Å². The van der Waals surface area contributed by atoms with Gasteiger partial charge in [-0.3, -0.25) is 24.0 Å². The van der Waals surface area contributed by atoms with Crippen molar-refractivity contribution in [3.8, 4) is 0 Å². The van der Waals surface area contributed by atoms with Gasteiger partial charge in [0.2, 0.25) is 17.2 Å². The van der Waals surface area contributed by atoms with Crippen LogP contribution in [0.3, 0.4) is 0 Å². The molecule has 1 aliphatic carbocycles. The number of ether oxygens (including phenoxy) is 5. The number of rotatable bonds is 3. The van der Waals surface area contributed by atoms with Gasteiger partial charge in [-0.05, 0) is 32.8 Å². The zero-order chi connectivity index (χ0) is 23.1. The minimum atomic E-state index is -2.08. The van der Waals surface area contributed by atoms with Crippen LogP contribution < -0.4 is 0 Å². The van der Waals surface area contributed by atoms with Crippen molar-refractivity contribution < 1.29 is 47.7 Å². The van der Waals surface area contributed by atoms with Gasteiger partial charge in [0.05, 0.1) is 17.9 Å². The quantitative estimate of drug-likeness (QED) is 0.359. The van der Waals surface area contributed by atoms with Crippen molar-refractivity contribution in [2.75, 3.05) is 0 Å². The summed E-state index contributed by atoms with van der Waals surface area (Å²) in [7, 11) is 0. The third-order valence-corrected chi connectivity index (χ3v) is 5.36. The van der Waals surface area contributed by atoms with Crippen LogP contribution in [0.1, 0.15) is 47.5 Å². The van der Waals surface area contributed by atoms with Crippen molar-refractivity contribution in [1.82, 2.24) is 0 Å². The van der Waals surface area contributed by atoms with E-state index in [1.807, 2.05) is 0 Å². The molecule has 1 fully saturated rings. The highest BCUT2D eigenvalue weighted by Gasteiger charge is 2.62.